The fourth-order valence-electron chi connectivity index (χ4n) is 1.39. The third-order valence-corrected chi connectivity index (χ3v) is 2.51. The second kappa shape index (κ2) is 5.09. The van der Waals surface area contributed by atoms with Crippen molar-refractivity contribution in [1.82, 2.24) is 5.16 Å². The van der Waals surface area contributed by atoms with Crippen molar-refractivity contribution in [3.05, 3.63) is 47.4 Å². The Hall–Kier alpha value is -2.02. The predicted molar refractivity (Wildman–Crippen MR) is 66.1 cm³/mol. The van der Waals surface area contributed by atoms with Gasteiger partial charge >= 0.3 is 0 Å². The second-order valence-corrected chi connectivity index (χ2v) is 3.93. The molecule has 0 fully saturated rings. The highest BCUT2D eigenvalue weighted by molar-refractivity contribution is 7.80. The highest BCUT2D eigenvalue weighted by Crippen LogP contribution is 2.21. The van der Waals surface area contributed by atoms with E-state index in [-0.39, 0.29) is 22.8 Å². The molecule has 94 valence electrons. The quantitative estimate of drug-likeness (QED) is 0.833. The van der Waals surface area contributed by atoms with Crippen LogP contribution in [0.5, 0.6) is 0 Å². The SMILES string of the molecule is NC(=S)c1ccc(NCc2ccno2)c(F)c1F. The fourth-order valence-corrected chi connectivity index (χ4v) is 1.55. The normalized spacial score (nSPS) is 10.3. The van der Waals surface area contributed by atoms with E-state index in [0.29, 0.717) is 5.76 Å². The molecular formula is C11H9F2N3OS. The number of halogens is 2. The molecule has 3 N–H and O–H groups in total. The lowest BCUT2D eigenvalue weighted by molar-refractivity contribution is 0.387. The van der Waals surface area contributed by atoms with Crippen LogP contribution in [0.4, 0.5) is 14.5 Å². The van der Waals surface area contributed by atoms with Crippen LogP contribution < -0.4 is 11.1 Å². The lowest BCUT2D eigenvalue weighted by atomic mass is 10.1. The highest BCUT2D eigenvalue weighted by atomic mass is 32.1. The Morgan fingerprint density at radius 1 is 1.33 bits per heavy atom. The molecule has 0 bridgehead atoms. The third-order valence-electron chi connectivity index (χ3n) is 2.29. The summed E-state index contributed by atoms with van der Waals surface area (Å²) < 4.78 is 32.0. The Morgan fingerprint density at radius 2 is 2.11 bits per heavy atom. The van der Waals surface area contributed by atoms with Crippen molar-refractivity contribution in [2.45, 2.75) is 6.54 Å². The van der Waals surface area contributed by atoms with E-state index in [0.717, 1.165) is 0 Å². The van der Waals surface area contributed by atoms with E-state index < -0.39 is 11.6 Å². The molecule has 0 aliphatic carbocycles. The highest BCUT2D eigenvalue weighted by Gasteiger charge is 2.14. The Morgan fingerprint density at radius 3 is 2.72 bits per heavy atom. The summed E-state index contributed by atoms with van der Waals surface area (Å²) in [4.78, 5) is -0.187. The summed E-state index contributed by atoms with van der Waals surface area (Å²) in [5, 5.41) is 6.18. The molecule has 0 saturated carbocycles. The number of aromatic nitrogens is 1. The van der Waals surface area contributed by atoms with Gasteiger partial charge in [-0.25, -0.2) is 8.78 Å². The molecule has 0 amide bonds. The number of hydrogen-bond donors (Lipinski definition) is 2. The van der Waals surface area contributed by atoms with Crippen molar-refractivity contribution in [1.29, 1.82) is 0 Å². The van der Waals surface area contributed by atoms with Gasteiger partial charge in [-0.15, -0.1) is 0 Å². The summed E-state index contributed by atoms with van der Waals surface area (Å²) in [7, 11) is 0. The summed E-state index contributed by atoms with van der Waals surface area (Å²) in [6.45, 7) is 0.197. The van der Waals surface area contributed by atoms with Crippen molar-refractivity contribution < 1.29 is 13.3 Å². The predicted octanol–water partition coefficient (Wildman–Crippen LogP) is 2.20. The number of thiocarbonyl (C=S) groups is 1. The first kappa shape index (κ1) is 12.4. The van der Waals surface area contributed by atoms with E-state index in [1.807, 2.05) is 0 Å². The number of anilines is 1. The average molecular weight is 269 g/mol. The first-order valence-corrected chi connectivity index (χ1v) is 5.41. The van der Waals surface area contributed by atoms with Crippen LogP contribution in [0.3, 0.4) is 0 Å². The van der Waals surface area contributed by atoms with Crippen LogP contribution in [-0.4, -0.2) is 10.1 Å². The van der Waals surface area contributed by atoms with Crippen molar-refractivity contribution in [3.8, 4) is 0 Å². The van der Waals surface area contributed by atoms with Gasteiger partial charge in [0.15, 0.2) is 17.4 Å². The molecule has 1 aromatic carbocycles. The molecule has 2 aromatic rings. The number of rotatable bonds is 4. The van der Waals surface area contributed by atoms with E-state index in [9.17, 15) is 8.78 Å². The van der Waals surface area contributed by atoms with Crippen molar-refractivity contribution >= 4 is 22.9 Å². The number of nitrogens with two attached hydrogens (primary N) is 1. The lowest BCUT2D eigenvalue weighted by Gasteiger charge is -2.08. The van der Waals surface area contributed by atoms with Gasteiger partial charge in [0.1, 0.15) is 4.99 Å². The third kappa shape index (κ3) is 2.45. The van der Waals surface area contributed by atoms with Gasteiger partial charge in [0.25, 0.3) is 0 Å². The van der Waals surface area contributed by atoms with Crippen LogP contribution in [0.2, 0.25) is 0 Å². The van der Waals surface area contributed by atoms with E-state index in [1.54, 1.807) is 6.07 Å². The monoisotopic (exact) mass is 269 g/mol. The summed E-state index contributed by atoms with van der Waals surface area (Å²) in [6, 6.07) is 4.30. The minimum atomic E-state index is -1.06. The molecule has 7 heteroatoms. The smallest absolute Gasteiger partial charge is 0.182 e. The van der Waals surface area contributed by atoms with E-state index >= 15 is 0 Å². The minimum Gasteiger partial charge on any atom is -0.389 e. The van der Waals surface area contributed by atoms with Gasteiger partial charge in [-0.05, 0) is 12.1 Å². The Kier molecular flexibility index (Phi) is 3.52. The lowest BCUT2D eigenvalue weighted by Crippen LogP contribution is -2.13. The molecule has 0 atom stereocenters. The van der Waals surface area contributed by atoms with Crippen LogP contribution in [0.1, 0.15) is 11.3 Å². The molecule has 4 nitrogen and oxygen atoms in total. The van der Waals surface area contributed by atoms with Gasteiger partial charge in [0, 0.05) is 11.6 Å². The zero-order chi connectivity index (χ0) is 13.1. The first-order valence-electron chi connectivity index (χ1n) is 5.01. The summed E-state index contributed by atoms with van der Waals surface area (Å²) in [6.07, 6.45) is 1.46. The number of hydrogen-bond acceptors (Lipinski definition) is 4. The molecule has 18 heavy (non-hydrogen) atoms. The Bertz CT molecular complexity index is 572. The van der Waals surface area contributed by atoms with Gasteiger partial charge < -0.3 is 15.6 Å². The minimum absolute atomic E-state index is 0.00361. The van der Waals surface area contributed by atoms with Gasteiger partial charge in [-0.3, -0.25) is 0 Å². The molecule has 0 unspecified atom stereocenters. The molecule has 1 heterocycles. The zero-order valence-electron chi connectivity index (χ0n) is 9.11. The van der Waals surface area contributed by atoms with Gasteiger partial charge in [0.2, 0.25) is 0 Å². The van der Waals surface area contributed by atoms with Crippen molar-refractivity contribution in [2.24, 2.45) is 5.73 Å². The molecular weight excluding hydrogens is 260 g/mol. The van der Waals surface area contributed by atoms with Gasteiger partial charge in [0.05, 0.1) is 18.4 Å². The average Bonchev–Trinajstić information content (AvgIpc) is 2.83. The topological polar surface area (TPSA) is 64.1 Å². The van der Waals surface area contributed by atoms with Gasteiger partial charge in [-0.2, -0.15) is 0 Å². The maximum absolute atomic E-state index is 13.7. The summed E-state index contributed by atoms with van der Waals surface area (Å²) in [5.74, 6) is -1.59. The Balaban J connectivity index is 2.19. The number of benzene rings is 1. The fraction of sp³-hybridized carbons (Fsp3) is 0.0909. The largest absolute Gasteiger partial charge is 0.389 e. The van der Waals surface area contributed by atoms with Crippen molar-refractivity contribution in [3.63, 3.8) is 0 Å². The molecule has 0 aliphatic heterocycles. The maximum atomic E-state index is 13.7. The standard InChI is InChI=1S/C11H9F2N3OS/c12-9-7(11(14)18)1-2-8(10(9)13)15-5-6-3-4-16-17-6/h1-4,15H,5H2,(H2,14,18). The molecule has 1 aromatic heterocycles. The summed E-state index contributed by atoms with van der Waals surface area (Å²) >= 11 is 4.61. The number of nitrogens with zero attached hydrogens (tertiary/aromatic N) is 1. The van der Waals surface area contributed by atoms with Crippen LogP contribution in [-0.2, 0) is 6.54 Å². The molecule has 0 saturated heterocycles. The van der Waals surface area contributed by atoms with E-state index in [1.165, 1.54) is 18.3 Å². The van der Waals surface area contributed by atoms with E-state index in [2.05, 4.69) is 22.7 Å². The van der Waals surface area contributed by atoms with Crippen molar-refractivity contribution in [2.75, 3.05) is 5.32 Å². The molecule has 0 radical (unpaired) electrons. The zero-order valence-corrected chi connectivity index (χ0v) is 9.93. The Labute approximate surface area is 107 Å². The summed E-state index contributed by atoms with van der Waals surface area (Å²) in [5.41, 5.74) is 5.15. The van der Waals surface area contributed by atoms with E-state index in [4.69, 9.17) is 10.3 Å². The van der Waals surface area contributed by atoms with Crippen LogP contribution in [0.25, 0.3) is 0 Å². The van der Waals surface area contributed by atoms with Crippen LogP contribution in [0.15, 0.2) is 28.9 Å². The van der Waals surface area contributed by atoms with Gasteiger partial charge in [-0.1, -0.05) is 17.4 Å². The maximum Gasteiger partial charge on any atom is 0.182 e. The molecule has 2 rings (SSSR count). The first-order chi connectivity index (χ1) is 8.59. The number of nitrogens with one attached hydrogen (secondary N) is 1. The molecule has 0 spiro atoms. The molecule has 0 aliphatic rings. The van der Waals surface area contributed by atoms with Crippen LogP contribution in [0, 0.1) is 11.6 Å². The van der Waals surface area contributed by atoms with Crippen LogP contribution >= 0.6 is 12.2 Å². The second-order valence-electron chi connectivity index (χ2n) is 3.49.